The van der Waals surface area contributed by atoms with Crippen LogP contribution in [0.4, 0.5) is 0 Å². The summed E-state index contributed by atoms with van der Waals surface area (Å²) >= 11 is 0. The van der Waals surface area contributed by atoms with Crippen LogP contribution in [0.25, 0.3) is 11.1 Å². The van der Waals surface area contributed by atoms with E-state index in [-0.39, 0.29) is 12.5 Å². The number of quaternary nitrogens is 1. The fourth-order valence-corrected chi connectivity index (χ4v) is 3.05. The lowest BCUT2D eigenvalue weighted by atomic mass is 10.1. The topological polar surface area (TPSA) is 42.8 Å². The van der Waals surface area contributed by atoms with Crippen LogP contribution in [0.2, 0.25) is 0 Å². The first kappa shape index (κ1) is 19.6. The van der Waals surface area contributed by atoms with Crippen molar-refractivity contribution in [3.05, 3.63) is 90.0 Å². The van der Waals surface area contributed by atoms with Gasteiger partial charge in [-0.15, -0.1) is 0 Å². The van der Waals surface area contributed by atoms with Crippen LogP contribution in [-0.2, 0) is 17.9 Å². The van der Waals surface area contributed by atoms with E-state index in [9.17, 15) is 4.79 Å². The second-order valence-corrected chi connectivity index (χ2v) is 7.11. The van der Waals surface area contributed by atoms with Crippen LogP contribution in [-0.4, -0.2) is 26.6 Å². The van der Waals surface area contributed by atoms with E-state index in [1.807, 2.05) is 54.6 Å². The summed E-state index contributed by atoms with van der Waals surface area (Å²) in [6.07, 6.45) is 0. The van der Waals surface area contributed by atoms with Crippen LogP contribution < -0.4 is 15.0 Å². The molecule has 3 aromatic carbocycles. The Labute approximate surface area is 166 Å². The monoisotopic (exact) mass is 375 g/mol. The molecule has 0 atom stereocenters. The van der Waals surface area contributed by atoms with Crippen LogP contribution in [0.15, 0.2) is 78.9 Å². The highest BCUT2D eigenvalue weighted by Gasteiger charge is 2.08. The first-order chi connectivity index (χ1) is 13.6. The predicted molar refractivity (Wildman–Crippen MR) is 112 cm³/mol. The van der Waals surface area contributed by atoms with E-state index in [1.54, 1.807) is 0 Å². The molecule has 0 saturated heterocycles. The predicted octanol–water partition coefficient (Wildman–Crippen LogP) is 2.69. The molecule has 0 spiro atoms. The van der Waals surface area contributed by atoms with Crippen molar-refractivity contribution in [2.45, 2.75) is 13.1 Å². The van der Waals surface area contributed by atoms with Gasteiger partial charge in [-0.2, -0.15) is 0 Å². The normalized spacial score (nSPS) is 10.7. The molecule has 144 valence electrons. The molecule has 2 N–H and O–H groups in total. The van der Waals surface area contributed by atoms with Gasteiger partial charge in [-0.3, -0.25) is 4.79 Å². The van der Waals surface area contributed by atoms with Gasteiger partial charge >= 0.3 is 0 Å². The van der Waals surface area contributed by atoms with Crippen LogP contribution >= 0.6 is 0 Å². The van der Waals surface area contributed by atoms with Crippen LogP contribution in [0.1, 0.15) is 11.1 Å². The second-order valence-electron chi connectivity index (χ2n) is 7.11. The SMILES string of the molecule is C[NH+](C)Cc1ccccc1CNC(=O)COc1ccc(-c2ccccc2)cc1. The molecule has 0 bridgehead atoms. The van der Waals surface area contributed by atoms with Crippen molar-refractivity contribution >= 4 is 5.91 Å². The molecule has 1 amide bonds. The van der Waals surface area contributed by atoms with Crippen molar-refractivity contribution in [1.29, 1.82) is 0 Å². The number of amides is 1. The Morgan fingerprint density at radius 3 is 2.11 bits per heavy atom. The molecule has 0 heterocycles. The molecule has 3 aromatic rings. The van der Waals surface area contributed by atoms with E-state index in [1.165, 1.54) is 10.5 Å². The van der Waals surface area contributed by atoms with Gasteiger partial charge in [0.25, 0.3) is 5.91 Å². The highest BCUT2D eigenvalue weighted by atomic mass is 16.5. The van der Waals surface area contributed by atoms with E-state index in [0.29, 0.717) is 12.3 Å². The Morgan fingerprint density at radius 2 is 1.43 bits per heavy atom. The summed E-state index contributed by atoms with van der Waals surface area (Å²) in [6.45, 7) is 1.45. The average molecular weight is 375 g/mol. The molecule has 0 aliphatic rings. The minimum atomic E-state index is -0.126. The standard InChI is InChI=1S/C24H26N2O2/c1-26(2)17-22-11-7-6-10-21(22)16-25-24(27)18-28-23-14-12-20(13-15-23)19-8-4-3-5-9-19/h3-15H,16-18H2,1-2H3,(H,25,27)/p+1. The Kier molecular flexibility index (Phi) is 6.82. The van der Waals surface area contributed by atoms with Gasteiger partial charge in [0, 0.05) is 12.1 Å². The number of hydrogen-bond acceptors (Lipinski definition) is 2. The van der Waals surface area contributed by atoms with Gasteiger partial charge in [0.2, 0.25) is 0 Å². The quantitative estimate of drug-likeness (QED) is 0.636. The third kappa shape index (κ3) is 5.69. The van der Waals surface area contributed by atoms with Crippen LogP contribution in [0, 0.1) is 0 Å². The van der Waals surface area contributed by atoms with Gasteiger partial charge < -0.3 is 15.0 Å². The maximum absolute atomic E-state index is 12.2. The molecular formula is C24H27N2O2+. The lowest BCUT2D eigenvalue weighted by Gasteiger charge is -2.13. The Morgan fingerprint density at radius 1 is 0.821 bits per heavy atom. The minimum absolute atomic E-state index is 0.00574. The summed E-state index contributed by atoms with van der Waals surface area (Å²) < 4.78 is 5.63. The maximum Gasteiger partial charge on any atom is 0.258 e. The zero-order valence-electron chi connectivity index (χ0n) is 16.4. The van der Waals surface area contributed by atoms with E-state index in [2.05, 4.69) is 43.7 Å². The third-order valence-electron chi connectivity index (χ3n) is 4.47. The van der Waals surface area contributed by atoms with Crippen molar-refractivity contribution in [3.63, 3.8) is 0 Å². The van der Waals surface area contributed by atoms with Gasteiger partial charge in [-0.05, 0) is 28.8 Å². The van der Waals surface area contributed by atoms with Crippen molar-refractivity contribution in [1.82, 2.24) is 5.32 Å². The molecule has 4 heteroatoms. The highest BCUT2D eigenvalue weighted by Crippen LogP contribution is 2.21. The summed E-state index contributed by atoms with van der Waals surface area (Å²) in [5.41, 5.74) is 4.67. The van der Waals surface area contributed by atoms with Gasteiger partial charge in [0.1, 0.15) is 12.3 Å². The van der Waals surface area contributed by atoms with Crippen molar-refractivity contribution < 1.29 is 14.4 Å². The van der Waals surface area contributed by atoms with Crippen LogP contribution in [0.3, 0.4) is 0 Å². The number of carbonyl (C=O) groups excluding carboxylic acids is 1. The average Bonchev–Trinajstić information content (AvgIpc) is 2.72. The van der Waals surface area contributed by atoms with Gasteiger partial charge in [-0.25, -0.2) is 0 Å². The number of benzene rings is 3. The molecule has 0 aromatic heterocycles. The van der Waals surface area contributed by atoms with E-state index in [0.717, 1.165) is 23.2 Å². The Balaban J connectivity index is 1.50. The molecular weight excluding hydrogens is 348 g/mol. The smallest absolute Gasteiger partial charge is 0.258 e. The van der Waals surface area contributed by atoms with Gasteiger partial charge in [0.15, 0.2) is 6.61 Å². The largest absolute Gasteiger partial charge is 0.484 e. The summed E-state index contributed by atoms with van der Waals surface area (Å²) in [7, 11) is 4.23. The fraction of sp³-hybridized carbons (Fsp3) is 0.208. The Bertz CT molecular complexity index is 890. The molecule has 4 nitrogen and oxygen atoms in total. The van der Waals surface area contributed by atoms with Gasteiger partial charge in [0.05, 0.1) is 14.1 Å². The minimum Gasteiger partial charge on any atom is -0.484 e. The number of nitrogens with one attached hydrogen (secondary N) is 2. The number of carbonyl (C=O) groups is 1. The molecule has 0 aliphatic carbocycles. The van der Waals surface area contributed by atoms with E-state index >= 15 is 0 Å². The van der Waals surface area contributed by atoms with E-state index in [4.69, 9.17) is 4.74 Å². The van der Waals surface area contributed by atoms with E-state index < -0.39 is 0 Å². The molecule has 0 aliphatic heterocycles. The molecule has 0 saturated carbocycles. The molecule has 28 heavy (non-hydrogen) atoms. The summed E-state index contributed by atoms with van der Waals surface area (Å²) in [6, 6.07) is 26.2. The first-order valence-corrected chi connectivity index (χ1v) is 9.52. The van der Waals surface area contributed by atoms with Crippen molar-refractivity contribution in [2.24, 2.45) is 0 Å². The lowest BCUT2D eigenvalue weighted by Crippen LogP contribution is -3.04. The molecule has 0 radical (unpaired) electrons. The second kappa shape index (κ2) is 9.72. The first-order valence-electron chi connectivity index (χ1n) is 9.52. The maximum atomic E-state index is 12.2. The summed E-state index contributed by atoms with van der Waals surface area (Å²) in [5, 5.41) is 2.95. The number of hydrogen-bond donors (Lipinski definition) is 2. The Hall–Kier alpha value is -3.11. The van der Waals surface area contributed by atoms with Crippen molar-refractivity contribution in [2.75, 3.05) is 20.7 Å². The van der Waals surface area contributed by atoms with Crippen LogP contribution in [0.5, 0.6) is 5.75 Å². The lowest BCUT2D eigenvalue weighted by molar-refractivity contribution is -0.872. The zero-order chi connectivity index (χ0) is 19.8. The summed E-state index contributed by atoms with van der Waals surface area (Å²) in [4.78, 5) is 13.5. The highest BCUT2D eigenvalue weighted by molar-refractivity contribution is 5.77. The summed E-state index contributed by atoms with van der Waals surface area (Å²) in [5.74, 6) is 0.561. The molecule has 0 unspecified atom stereocenters. The number of rotatable bonds is 8. The molecule has 3 rings (SSSR count). The third-order valence-corrected chi connectivity index (χ3v) is 4.47. The van der Waals surface area contributed by atoms with Crippen molar-refractivity contribution in [3.8, 4) is 16.9 Å². The fourth-order valence-electron chi connectivity index (χ4n) is 3.05. The number of ether oxygens (including phenoxy) is 1. The molecule has 0 fully saturated rings. The van der Waals surface area contributed by atoms with Gasteiger partial charge in [-0.1, -0.05) is 66.7 Å². The zero-order valence-corrected chi connectivity index (χ0v) is 16.4.